The molecule has 0 aliphatic carbocycles. The Morgan fingerprint density at radius 1 is 1.33 bits per heavy atom. The minimum atomic E-state index is 0.603. The van der Waals surface area contributed by atoms with Gasteiger partial charge in [-0.25, -0.2) is 0 Å². The highest BCUT2D eigenvalue weighted by atomic mass is 15.3. The first-order chi connectivity index (χ1) is 7.10. The minimum absolute atomic E-state index is 0.603. The summed E-state index contributed by atoms with van der Waals surface area (Å²) < 4.78 is 0. The van der Waals surface area contributed by atoms with E-state index in [4.69, 9.17) is 5.73 Å². The van der Waals surface area contributed by atoms with Crippen molar-refractivity contribution < 1.29 is 0 Å². The van der Waals surface area contributed by atoms with Gasteiger partial charge < -0.3 is 10.6 Å². The summed E-state index contributed by atoms with van der Waals surface area (Å²) in [7, 11) is 2.24. The molecule has 1 aliphatic heterocycles. The maximum Gasteiger partial charge on any atom is 0.0218 e. The third-order valence-corrected chi connectivity index (χ3v) is 4.05. The quantitative estimate of drug-likeness (QED) is 0.756. The number of likely N-dealkylation sites (N-methyl/N-ethyl adjacent to an activating group) is 1. The fourth-order valence-corrected chi connectivity index (χ4v) is 2.34. The summed E-state index contributed by atoms with van der Waals surface area (Å²) in [6, 6.07) is 1.35. The van der Waals surface area contributed by atoms with Crippen molar-refractivity contribution in [2.75, 3.05) is 33.2 Å². The van der Waals surface area contributed by atoms with Crippen LogP contribution in [0.5, 0.6) is 0 Å². The molecule has 1 aliphatic rings. The number of piperazine rings is 1. The zero-order valence-corrected chi connectivity index (χ0v) is 10.7. The lowest BCUT2D eigenvalue weighted by Gasteiger charge is -2.43. The van der Waals surface area contributed by atoms with Crippen molar-refractivity contribution >= 4 is 0 Å². The summed E-state index contributed by atoms with van der Waals surface area (Å²) in [4.78, 5) is 5.09. The Bertz CT molecular complexity index is 184. The Hall–Kier alpha value is -0.120. The fourth-order valence-electron chi connectivity index (χ4n) is 2.34. The lowest BCUT2D eigenvalue weighted by molar-refractivity contribution is 0.0518. The molecule has 0 spiro atoms. The van der Waals surface area contributed by atoms with E-state index in [1.165, 1.54) is 26.1 Å². The number of nitrogens with zero attached hydrogens (tertiary/aromatic N) is 2. The highest BCUT2D eigenvalue weighted by Crippen LogP contribution is 2.17. The lowest BCUT2D eigenvalue weighted by Crippen LogP contribution is -2.55. The van der Waals surface area contributed by atoms with Gasteiger partial charge in [0.05, 0.1) is 0 Å². The van der Waals surface area contributed by atoms with Gasteiger partial charge in [0.25, 0.3) is 0 Å². The second kappa shape index (κ2) is 5.83. The molecule has 3 unspecified atom stereocenters. The average Bonchev–Trinajstić information content (AvgIpc) is 2.27. The van der Waals surface area contributed by atoms with Gasteiger partial charge in [-0.05, 0) is 32.9 Å². The molecule has 1 rings (SSSR count). The van der Waals surface area contributed by atoms with Crippen LogP contribution < -0.4 is 5.73 Å². The normalized spacial score (nSPS) is 29.0. The van der Waals surface area contributed by atoms with Gasteiger partial charge in [-0.15, -0.1) is 0 Å². The Balaban J connectivity index is 2.50. The van der Waals surface area contributed by atoms with E-state index in [1.54, 1.807) is 0 Å². The van der Waals surface area contributed by atoms with E-state index >= 15 is 0 Å². The first kappa shape index (κ1) is 12.9. The van der Waals surface area contributed by atoms with Crippen LogP contribution in [0.25, 0.3) is 0 Å². The van der Waals surface area contributed by atoms with Crippen LogP contribution in [-0.2, 0) is 0 Å². The Labute approximate surface area is 94.6 Å². The minimum Gasteiger partial charge on any atom is -0.330 e. The summed E-state index contributed by atoms with van der Waals surface area (Å²) >= 11 is 0. The number of nitrogens with two attached hydrogens (primary N) is 1. The summed E-state index contributed by atoms with van der Waals surface area (Å²) in [6.07, 6.45) is 1.25. The smallest absolute Gasteiger partial charge is 0.0218 e. The van der Waals surface area contributed by atoms with E-state index in [2.05, 4.69) is 37.6 Å². The summed E-state index contributed by atoms with van der Waals surface area (Å²) in [5, 5.41) is 0. The molecule has 0 bridgehead atoms. The van der Waals surface area contributed by atoms with Crippen LogP contribution in [0.1, 0.15) is 27.2 Å². The molecule has 3 heteroatoms. The van der Waals surface area contributed by atoms with Crippen molar-refractivity contribution in [2.45, 2.75) is 39.3 Å². The SMILES string of the molecule is CCC1CN(C(C)C(C)CN)CCN1C. The highest BCUT2D eigenvalue weighted by Gasteiger charge is 2.27. The van der Waals surface area contributed by atoms with Gasteiger partial charge in [0.1, 0.15) is 0 Å². The van der Waals surface area contributed by atoms with Crippen LogP contribution in [0, 0.1) is 5.92 Å². The van der Waals surface area contributed by atoms with Crippen molar-refractivity contribution in [1.29, 1.82) is 0 Å². The zero-order chi connectivity index (χ0) is 11.4. The second-order valence-electron chi connectivity index (χ2n) is 4.99. The van der Waals surface area contributed by atoms with Crippen molar-refractivity contribution in [3.8, 4) is 0 Å². The monoisotopic (exact) mass is 213 g/mol. The van der Waals surface area contributed by atoms with Gasteiger partial charge in [-0.1, -0.05) is 13.8 Å². The van der Waals surface area contributed by atoms with Crippen LogP contribution in [0.3, 0.4) is 0 Å². The first-order valence-electron chi connectivity index (χ1n) is 6.24. The van der Waals surface area contributed by atoms with Gasteiger partial charge in [-0.2, -0.15) is 0 Å². The fraction of sp³-hybridized carbons (Fsp3) is 1.00. The summed E-state index contributed by atoms with van der Waals surface area (Å²) in [6.45, 7) is 11.2. The van der Waals surface area contributed by atoms with Crippen LogP contribution in [0.4, 0.5) is 0 Å². The Morgan fingerprint density at radius 3 is 2.53 bits per heavy atom. The second-order valence-corrected chi connectivity index (χ2v) is 4.99. The van der Waals surface area contributed by atoms with E-state index in [9.17, 15) is 0 Å². The van der Waals surface area contributed by atoms with E-state index in [0.29, 0.717) is 12.0 Å². The van der Waals surface area contributed by atoms with Gasteiger partial charge in [0.2, 0.25) is 0 Å². The molecule has 0 saturated carbocycles. The molecular formula is C12H27N3. The van der Waals surface area contributed by atoms with E-state index < -0.39 is 0 Å². The maximum atomic E-state index is 5.74. The number of rotatable bonds is 4. The Morgan fingerprint density at radius 2 is 2.00 bits per heavy atom. The van der Waals surface area contributed by atoms with E-state index in [0.717, 1.165) is 12.6 Å². The average molecular weight is 213 g/mol. The molecule has 15 heavy (non-hydrogen) atoms. The predicted octanol–water partition coefficient (Wildman–Crippen LogP) is 0.996. The molecule has 1 heterocycles. The summed E-state index contributed by atoms with van der Waals surface area (Å²) in [5.74, 6) is 0.603. The highest BCUT2D eigenvalue weighted by molar-refractivity contribution is 4.83. The molecule has 3 atom stereocenters. The van der Waals surface area contributed by atoms with Crippen LogP contribution in [0.2, 0.25) is 0 Å². The van der Waals surface area contributed by atoms with Gasteiger partial charge in [0, 0.05) is 31.7 Å². The molecule has 0 radical (unpaired) electrons. The summed E-state index contributed by atoms with van der Waals surface area (Å²) in [5.41, 5.74) is 5.74. The van der Waals surface area contributed by atoms with Crippen molar-refractivity contribution in [3.05, 3.63) is 0 Å². The molecule has 0 aromatic heterocycles. The van der Waals surface area contributed by atoms with E-state index in [-0.39, 0.29) is 0 Å². The molecule has 90 valence electrons. The third kappa shape index (κ3) is 3.16. The Kier molecular flexibility index (Phi) is 5.03. The largest absolute Gasteiger partial charge is 0.330 e. The molecular weight excluding hydrogens is 186 g/mol. The standard InChI is InChI=1S/C12H27N3/c1-5-12-9-15(7-6-14(12)4)11(3)10(2)8-13/h10-12H,5-9,13H2,1-4H3. The predicted molar refractivity (Wildman–Crippen MR) is 66.0 cm³/mol. The first-order valence-corrected chi connectivity index (χ1v) is 6.24. The van der Waals surface area contributed by atoms with Crippen LogP contribution in [-0.4, -0.2) is 55.1 Å². The maximum absolute atomic E-state index is 5.74. The van der Waals surface area contributed by atoms with Crippen molar-refractivity contribution in [1.82, 2.24) is 9.80 Å². The van der Waals surface area contributed by atoms with Crippen LogP contribution >= 0.6 is 0 Å². The molecule has 0 aromatic carbocycles. The van der Waals surface area contributed by atoms with Gasteiger partial charge in [0.15, 0.2) is 0 Å². The third-order valence-electron chi connectivity index (χ3n) is 4.05. The van der Waals surface area contributed by atoms with Crippen LogP contribution in [0.15, 0.2) is 0 Å². The van der Waals surface area contributed by atoms with Crippen molar-refractivity contribution in [3.63, 3.8) is 0 Å². The molecule has 0 aromatic rings. The number of hydrogen-bond acceptors (Lipinski definition) is 3. The molecule has 1 saturated heterocycles. The number of hydrogen-bond donors (Lipinski definition) is 1. The van der Waals surface area contributed by atoms with E-state index in [1.807, 2.05) is 0 Å². The molecule has 0 amide bonds. The molecule has 3 nitrogen and oxygen atoms in total. The molecule has 2 N–H and O–H groups in total. The lowest BCUT2D eigenvalue weighted by atomic mass is 9.99. The van der Waals surface area contributed by atoms with Gasteiger partial charge in [-0.3, -0.25) is 4.90 Å². The zero-order valence-electron chi connectivity index (χ0n) is 10.7. The topological polar surface area (TPSA) is 32.5 Å². The van der Waals surface area contributed by atoms with Crippen molar-refractivity contribution in [2.24, 2.45) is 11.7 Å². The van der Waals surface area contributed by atoms with Gasteiger partial charge >= 0.3 is 0 Å². The molecule has 1 fully saturated rings.